The van der Waals surface area contributed by atoms with Crippen molar-refractivity contribution in [3.8, 4) is 11.3 Å². The number of hydrogen-bond acceptors (Lipinski definition) is 3. The van der Waals surface area contributed by atoms with Crippen molar-refractivity contribution < 1.29 is 24.5 Å². The van der Waals surface area contributed by atoms with E-state index in [1.54, 1.807) is 11.8 Å². The zero-order chi connectivity index (χ0) is 17.5. The summed E-state index contributed by atoms with van der Waals surface area (Å²) < 4.78 is 11.3. The van der Waals surface area contributed by atoms with Crippen LogP contribution in [0, 0.1) is 0 Å². The highest BCUT2D eigenvalue weighted by molar-refractivity contribution is 5.58. The molecule has 1 saturated heterocycles. The zero-order valence-electron chi connectivity index (χ0n) is 15.0. The number of aliphatic hydroxyl groups excluding tert-OH is 1. The van der Waals surface area contributed by atoms with E-state index in [0.717, 1.165) is 62.0 Å². The maximum atomic E-state index is 9.58. The van der Waals surface area contributed by atoms with Gasteiger partial charge in [0.15, 0.2) is 5.76 Å². The molecule has 1 atom stereocenters. The Morgan fingerprint density at radius 2 is 1.88 bits per heavy atom. The van der Waals surface area contributed by atoms with Gasteiger partial charge in [-0.25, -0.2) is 0 Å². The fourth-order valence-electron chi connectivity index (χ4n) is 3.22. The summed E-state index contributed by atoms with van der Waals surface area (Å²) >= 11 is 0. The molecule has 3 rings (SSSR count). The lowest BCUT2D eigenvalue weighted by molar-refractivity contribution is -0.909. The maximum Gasteiger partial charge on any atom is 0.158 e. The normalized spacial score (nSPS) is 16.9. The SMILES string of the molecule is C[C@@H](O)c1ccc(-c2ccc(C[NH2+]CCC[NH+]3CCOCC3)o2)cc1. The molecule has 5 nitrogen and oxygen atoms in total. The number of quaternary nitrogens is 2. The first kappa shape index (κ1) is 18.1. The molecule has 1 aromatic carbocycles. The standard InChI is InChI=1S/C20H28N2O3/c1-16(23)17-3-5-18(6-4-17)20-8-7-19(25-20)15-21-9-2-10-22-11-13-24-14-12-22/h3-8,16,21,23H,2,9-15H2,1H3/p+2/t16-/m1/s1. The quantitative estimate of drug-likeness (QED) is 0.605. The van der Waals surface area contributed by atoms with Crippen LogP contribution in [0.15, 0.2) is 40.8 Å². The van der Waals surface area contributed by atoms with Gasteiger partial charge in [-0.05, 0) is 24.6 Å². The molecule has 25 heavy (non-hydrogen) atoms. The summed E-state index contributed by atoms with van der Waals surface area (Å²) in [6.45, 7) is 9.13. The van der Waals surface area contributed by atoms with Crippen molar-refractivity contribution in [2.45, 2.75) is 26.0 Å². The van der Waals surface area contributed by atoms with Gasteiger partial charge in [-0.3, -0.25) is 0 Å². The van der Waals surface area contributed by atoms with Crippen molar-refractivity contribution in [1.82, 2.24) is 0 Å². The minimum Gasteiger partial charge on any atom is -0.455 e. The van der Waals surface area contributed by atoms with Crippen LogP contribution in [0.5, 0.6) is 0 Å². The molecule has 2 heterocycles. The predicted molar refractivity (Wildman–Crippen MR) is 96.3 cm³/mol. The number of morpholine rings is 1. The molecule has 1 aliphatic rings. The van der Waals surface area contributed by atoms with E-state index in [9.17, 15) is 5.11 Å². The molecule has 4 N–H and O–H groups in total. The molecule has 1 aliphatic heterocycles. The smallest absolute Gasteiger partial charge is 0.158 e. The number of nitrogens with two attached hydrogens (primary N) is 1. The van der Waals surface area contributed by atoms with Crippen molar-refractivity contribution >= 4 is 0 Å². The third-order valence-corrected chi connectivity index (χ3v) is 4.82. The Morgan fingerprint density at radius 3 is 2.60 bits per heavy atom. The molecule has 2 aromatic rings. The Hall–Kier alpha value is -1.66. The topological polar surface area (TPSA) is 63.7 Å². The fraction of sp³-hybridized carbons (Fsp3) is 0.500. The Bertz CT molecular complexity index is 631. The highest BCUT2D eigenvalue weighted by atomic mass is 16.5. The third kappa shape index (κ3) is 5.41. The van der Waals surface area contributed by atoms with Crippen molar-refractivity contribution in [3.63, 3.8) is 0 Å². The number of rotatable bonds is 8. The van der Waals surface area contributed by atoms with Crippen LogP contribution in [-0.2, 0) is 11.3 Å². The first-order valence-electron chi connectivity index (χ1n) is 9.32. The van der Waals surface area contributed by atoms with E-state index < -0.39 is 6.10 Å². The second-order valence-corrected chi connectivity index (χ2v) is 6.81. The van der Waals surface area contributed by atoms with Crippen LogP contribution >= 0.6 is 0 Å². The molecule has 1 fully saturated rings. The van der Waals surface area contributed by atoms with E-state index in [1.165, 1.54) is 13.0 Å². The highest BCUT2D eigenvalue weighted by Gasteiger charge is 2.13. The number of aliphatic hydroxyl groups is 1. The highest BCUT2D eigenvalue weighted by Crippen LogP contribution is 2.23. The first-order chi connectivity index (χ1) is 12.2. The van der Waals surface area contributed by atoms with E-state index in [1.807, 2.05) is 30.3 Å². The summed E-state index contributed by atoms with van der Waals surface area (Å²) in [5, 5.41) is 11.9. The molecule has 0 amide bonds. The Labute approximate surface area is 149 Å². The van der Waals surface area contributed by atoms with Crippen LogP contribution in [0.4, 0.5) is 0 Å². The average molecular weight is 346 g/mol. The summed E-state index contributed by atoms with van der Waals surface area (Å²) in [5.74, 6) is 1.90. The van der Waals surface area contributed by atoms with E-state index in [0.29, 0.717) is 0 Å². The van der Waals surface area contributed by atoms with E-state index in [4.69, 9.17) is 9.15 Å². The summed E-state index contributed by atoms with van der Waals surface area (Å²) in [4.78, 5) is 1.67. The Balaban J connectivity index is 1.40. The van der Waals surface area contributed by atoms with Gasteiger partial charge in [-0.15, -0.1) is 0 Å². The average Bonchev–Trinajstić information content (AvgIpc) is 3.11. The molecule has 0 bridgehead atoms. The minimum absolute atomic E-state index is 0.435. The summed E-state index contributed by atoms with van der Waals surface area (Å²) in [5.41, 5.74) is 1.97. The Morgan fingerprint density at radius 1 is 1.12 bits per heavy atom. The number of ether oxygens (including phenoxy) is 1. The van der Waals surface area contributed by atoms with Gasteiger partial charge < -0.3 is 24.5 Å². The molecule has 0 saturated carbocycles. The number of benzene rings is 1. The summed E-state index contributed by atoms with van der Waals surface area (Å²) in [6, 6.07) is 12.0. The van der Waals surface area contributed by atoms with E-state index >= 15 is 0 Å². The van der Waals surface area contributed by atoms with Crippen molar-refractivity contribution in [3.05, 3.63) is 47.7 Å². The van der Waals surface area contributed by atoms with Gasteiger partial charge in [0.25, 0.3) is 0 Å². The number of furan rings is 1. The van der Waals surface area contributed by atoms with Crippen LogP contribution in [0.25, 0.3) is 11.3 Å². The van der Waals surface area contributed by atoms with Crippen LogP contribution in [0.1, 0.15) is 30.8 Å². The summed E-state index contributed by atoms with van der Waals surface area (Å²) in [6.07, 6.45) is 0.791. The number of hydrogen-bond donors (Lipinski definition) is 3. The first-order valence-corrected chi connectivity index (χ1v) is 9.32. The monoisotopic (exact) mass is 346 g/mol. The van der Waals surface area contributed by atoms with Gasteiger partial charge in [0.05, 0.1) is 32.4 Å². The second kappa shape index (κ2) is 9.15. The summed E-state index contributed by atoms with van der Waals surface area (Å²) in [7, 11) is 0. The van der Waals surface area contributed by atoms with Crippen molar-refractivity contribution in [2.75, 3.05) is 39.4 Å². The van der Waals surface area contributed by atoms with Gasteiger partial charge in [0.2, 0.25) is 0 Å². The molecular weight excluding hydrogens is 316 g/mol. The second-order valence-electron chi connectivity index (χ2n) is 6.81. The molecule has 1 aromatic heterocycles. The molecule has 0 radical (unpaired) electrons. The van der Waals surface area contributed by atoms with Crippen molar-refractivity contribution in [1.29, 1.82) is 0 Å². The molecular formula is C20H30N2O3+2. The van der Waals surface area contributed by atoms with Crippen LogP contribution in [0.3, 0.4) is 0 Å². The van der Waals surface area contributed by atoms with Gasteiger partial charge in [0, 0.05) is 12.0 Å². The van der Waals surface area contributed by atoms with E-state index in [2.05, 4.69) is 11.4 Å². The largest absolute Gasteiger partial charge is 0.455 e. The van der Waals surface area contributed by atoms with E-state index in [-0.39, 0.29) is 0 Å². The molecule has 5 heteroatoms. The van der Waals surface area contributed by atoms with Gasteiger partial charge in [-0.1, -0.05) is 24.3 Å². The van der Waals surface area contributed by atoms with Crippen LogP contribution in [-0.4, -0.2) is 44.5 Å². The molecule has 0 unspecified atom stereocenters. The van der Waals surface area contributed by atoms with Crippen LogP contribution in [0.2, 0.25) is 0 Å². The molecule has 136 valence electrons. The van der Waals surface area contributed by atoms with Gasteiger partial charge in [-0.2, -0.15) is 0 Å². The maximum absolute atomic E-state index is 9.58. The minimum atomic E-state index is -0.435. The Kier molecular flexibility index (Phi) is 6.64. The van der Waals surface area contributed by atoms with Crippen molar-refractivity contribution in [2.24, 2.45) is 0 Å². The lowest BCUT2D eigenvalue weighted by Crippen LogP contribution is -3.14. The fourth-order valence-corrected chi connectivity index (χ4v) is 3.22. The van der Waals surface area contributed by atoms with Gasteiger partial charge >= 0.3 is 0 Å². The zero-order valence-corrected chi connectivity index (χ0v) is 15.0. The lowest BCUT2D eigenvalue weighted by atomic mass is 10.1. The molecule has 0 spiro atoms. The number of nitrogens with one attached hydrogen (secondary N) is 1. The third-order valence-electron chi connectivity index (χ3n) is 4.82. The molecule has 0 aliphatic carbocycles. The van der Waals surface area contributed by atoms with Crippen LogP contribution < -0.4 is 10.2 Å². The lowest BCUT2D eigenvalue weighted by Gasteiger charge is -2.23. The van der Waals surface area contributed by atoms with Gasteiger partial charge in [0.1, 0.15) is 25.4 Å². The predicted octanol–water partition coefficient (Wildman–Crippen LogP) is 0.369.